The van der Waals surface area contributed by atoms with Crippen molar-refractivity contribution in [2.75, 3.05) is 13.2 Å². The molecule has 15 heteroatoms. The molecule has 216 valence electrons. The van der Waals surface area contributed by atoms with Gasteiger partial charge < -0.3 is 14.5 Å². The van der Waals surface area contributed by atoms with E-state index in [0.29, 0.717) is 17.3 Å². The monoisotopic (exact) mass is 575 g/mol. The van der Waals surface area contributed by atoms with Crippen LogP contribution in [-0.4, -0.2) is 53.1 Å². The zero-order valence-electron chi connectivity index (χ0n) is 21.3. The minimum Gasteiger partial charge on any atom is -0.465 e. The van der Waals surface area contributed by atoms with Crippen LogP contribution in [0.15, 0.2) is 46.6 Å². The van der Waals surface area contributed by atoms with E-state index in [1.807, 2.05) is 0 Å². The van der Waals surface area contributed by atoms with Crippen LogP contribution >= 0.6 is 0 Å². The van der Waals surface area contributed by atoms with Crippen molar-refractivity contribution in [3.63, 3.8) is 0 Å². The number of allylic oxidation sites excluding steroid dienone is 1. The minimum atomic E-state index is -5.60. The van der Waals surface area contributed by atoms with E-state index in [1.54, 1.807) is 19.9 Å². The Morgan fingerprint density at radius 2 is 1.75 bits per heavy atom. The van der Waals surface area contributed by atoms with E-state index in [-0.39, 0.29) is 6.42 Å². The van der Waals surface area contributed by atoms with E-state index in [2.05, 4.69) is 9.98 Å². The summed E-state index contributed by atoms with van der Waals surface area (Å²) in [4.78, 5) is 42.2. The Labute approximate surface area is 223 Å². The third-order valence-electron chi connectivity index (χ3n) is 6.05. The molecule has 2 atom stereocenters. The number of aromatic amines is 1. The van der Waals surface area contributed by atoms with Crippen molar-refractivity contribution in [3.05, 3.63) is 74.2 Å². The van der Waals surface area contributed by atoms with Gasteiger partial charge in [0.05, 0.1) is 23.7 Å². The zero-order valence-corrected chi connectivity index (χ0v) is 21.3. The molecule has 0 bridgehead atoms. The number of carbonyl (C=O) groups excluding carboxylic acids is 2. The first-order valence-corrected chi connectivity index (χ1v) is 11.8. The lowest BCUT2D eigenvalue weighted by Crippen LogP contribution is -2.45. The average Bonchev–Trinajstić information content (AvgIpc) is 3.18. The number of nitro groups is 1. The first kappa shape index (κ1) is 30.4. The van der Waals surface area contributed by atoms with Crippen molar-refractivity contribution in [2.45, 2.75) is 45.5 Å². The number of ether oxygens (including phenoxy) is 2. The molecular formula is C25H23F6N3O6. The number of halogens is 6. The normalized spacial score (nSPS) is 17.9. The molecule has 1 aliphatic heterocycles. The van der Waals surface area contributed by atoms with Crippen molar-refractivity contribution < 1.29 is 50.3 Å². The number of non-ortho nitro benzene ring substituents is 1. The summed E-state index contributed by atoms with van der Waals surface area (Å²) >= 11 is 0. The predicted octanol–water partition coefficient (Wildman–Crippen LogP) is 5.42. The van der Waals surface area contributed by atoms with Gasteiger partial charge in [-0.05, 0) is 38.0 Å². The first-order valence-electron chi connectivity index (χ1n) is 11.8. The molecule has 1 aromatic carbocycles. The number of aliphatic imine (C=N–C) groups is 1. The molecule has 2 heterocycles. The van der Waals surface area contributed by atoms with Gasteiger partial charge in [-0.1, -0.05) is 12.1 Å². The van der Waals surface area contributed by atoms with Crippen molar-refractivity contribution in [3.8, 4) is 0 Å². The van der Waals surface area contributed by atoms with Gasteiger partial charge in [0, 0.05) is 35.9 Å². The van der Waals surface area contributed by atoms with Crippen LogP contribution in [0.2, 0.25) is 0 Å². The zero-order chi connectivity index (χ0) is 30.0. The maximum atomic E-state index is 14.2. The number of nitrogens with one attached hydrogen (secondary N) is 1. The van der Waals surface area contributed by atoms with Crippen molar-refractivity contribution in [1.82, 2.24) is 4.98 Å². The second kappa shape index (κ2) is 11.5. The Hall–Kier alpha value is -4.17. The number of nitrogens with zero attached hydrogens (tertiary/aromatic N) is 2. The highest BCUT2D eigenvalue weighted by atomic mass is 19.4. The summed E-state index contributed by atoms with van der Waals surface area (Å²) in [6.07, 6.45) is -11.1. The van der Waals surface area contributed by atoms with Gasteiger partial charge in [-0.3, -0.25) is 14.9 Å². The molecule has 3 rings (SSSR count). The molecule has 2 unspecified atom stereocenters. The smallest absolute Gasteiger partial charge is 0.433 e. The fraction of sp³-hybridized carbons (Fsp3) is 0.400. The van der Waals surface area contributed by atoms with Crippen LogP contribution in [0.3, 0.4) is 0 Å². The quantitative estimate of drug-likeness (QED) is 0.194. The maximum absolute atomic E-state index is 14.2. The molecule has 0 amide bonds. The lowest BCUT2D eigenvalue weighted by atomic mass is 9.74. The van der Waals surface area contributed by atoms with Gasteiger partial charge in [0.25, 0.3) is 5.69 Å². The molecule has 1 aliphatic rings. The van der Waals surface area contributed by atoms with Gasteiger partial charge in [-0.15, -0.1) is 0 Å². The SMILES string of the molecule is CCOC(=O)C1C(C(F)(F)F)=NC(C(F)(F)F)=C(C(=O)OCCc2cc(C)[nH]c2C)C1c1cccc([N+](=O)[O-])c1. The highest BCUT2D eigenvalue weighted by Gasteiger charge is 2.56. The third-order valence-corrected chi connectivity index (χ3v) is 6.05. The molecule has 0 saturated heterocycles. The number of hydrogen-bond donors (Lipinski definition) is 1. The van der Waals surface area contributed by atoms with E-state index in [9.17, 15) is 46.0 Å². The second-order valence-corrected chi connectivity index (χ2v) is 8.80. The van der Waals surface area contributed by atoms with Crippen LogP contribution in [0.4, 0.5) is 32.0 Å². The van der Waals surface area contributed by atoms with Crippen LogP contribution in [-0.2, 0) is 25.5 Å². The topological polar surface area (TPSA) is 124 Å². The lowest BCUT2D eigenvalue weighted by molar-refractivity contribution is -0.384. The average molecular weight is 575 g/mol. The molecule has 2 aromatic rings. The molecule has 0 aliphatic carbocycles. The highest BCUT2D eigenvalue weighted by molar-refractivity contribution is 6.10. The number of aryl methyl sites for hydroxylation is 2. The minimum absolute atomic E-state index is 0.0520. The molecule has 0 radical (unpaired) electrons. The highest BCUT2D eigenvalue weighted by Crippen LogP contribution is 2.47. The number of alkyl halides is 6. The van der Waals surface area contributed by atoms with E-state index in [4.69, 9.17) is 9.47 Å². The van der Waals surface area contributed by atoms with Gasteiger partial charge in [0.15, 0.2) is 5.70 Å². The lowest BCUT2D eigenvalue weighted by Gasteiger charge is -2.34. The first-order chi connectivity index (χ1) is 18.6. The summed E-state index contributed by atoms with van der Waals surface area (Å²) in [5.41, 5.74) is -4.88. The fourth-order valence-corrected chi connectivity index (χ4v) is 4.44. The number of nitro benzene ring substituents is 1. The van der Waals surface area contributed by atoms with Crippen molar-refractivity contribution >= 4 is 23.3 Å². The van der Waals surface area contributed by atoms with Crippen molar-refractivity contribution in [2.24, 2.45) is 10.9 Å². The number of carbonyl (C=O) groups is 2. The number of H-pyrrole nitrogens is 1. The van der Waals surface area contributed by atoms with Gasteiger partial charge in [-0.25, -0.2) is 9.79 Å². The number of hydrogen-bond acceptors (Lipinski definition) is 7. The van der Waals surface area contributed by atoms with E-state index < -0.39 is 82.5 Å². The Morgan fingerprint density at radius 1 is 1.07 bits per heavy atom. The molecule has 1 N–H and O–H groups in total. The predicted molar refractivity (Wildman–Crippen MR) is 127 cm³/mol. The van der Waals surface area contributed by atoms with Crippen LogP contribution in [0.5, 0.6) is 0 Å². The molecule has 0 spiro atoms. The van der Waals surface area contributed by atoms with E-state index in [0.717, 1.165) is 23.9 Å². The molecular weight excluding hydrogens is 552 g/mol. The molecule has 1 aromatic heterocycles. The Bertz CT molecular complexity index is 1380. The Kier molecular flexibility index (Phi) is 8.75. The summed E-state index contributed by atoms with van der Waals surface area (Å²) in [7, 11) is 0. The largest absolute Gasteiger partial charge is 0.465 e. The summed E-state index contributed by atoms with van der Waals surface area (Å²) < 4.78 is 94.4. The second-order valence-electron chi connectivity index (χ2n) is 8.80. The van der Waals surface area contributed by atoms with Crippen LogP contribution in [0.1, 0.15) is 35.4 Å². The van der Waals surface area contributed by atoms with Gasteiger partial charge in [-0.2, -0.15) is 26.3 Å². The van der Waals surface area contributed by atoms with Gasteiger partial charge in [0.1, 0.15) is 11.6 Å². The van der Waals surface area contributed by atoms with E-state index in [1.165, 1.54) is 6.92 Å². The molecule has 40 heavy (non-hydrogen) atoms. The van der Waals surface area contributed by atoms with Crippen LogP contribution in [0, 0.1) is 29.9 Å². The van der Waals surface area contributed by atoms with Crippen LogP contribution < -0.4 is 0 Å². The fourth-order valence-electron chi connectivity index (χ4n) is 4.44. The number of aromatic nitrogens is 1. The summed E-state index contributed by atoms with van der Waals surface area (Å²) in [5, 5.41) is 11.3. The number of esters is 2. The van der Waals surface area contributed by atoms with Gasteiger partial charge >= 0.3 is 24.3 Å². The standard InChI is InChI=1S/C25H23F6N3O6/c1-4-39-22(35)18-17(15-6-5-7-16(11-15)34(37)38)19(21(25(29,30)31)33-20(18)24(26,27)28)23(36)40-9-8-14-10-12(2)32-13(14)3/h5-7,10-11,17-18,32H,4,8-9H2,1-3H3. The third kappa shape index (κ3) is 6.51. The molecule has 9 nitrogen and oxygen atoms in total. The van der Waals surface area contributed by atoms with E-state index >= 15 is 0 Å². The summed E-state index contributed by atoms with van der Waals surface area (Å²) in [6, 6.07) is 5.31. The molecule has 0 fully saturated rings. The van der Waals surface area contributed by atoms with Gasteiger partial charge in [0.2, 0.25) is 0 Å². The Morgan fingerprint density at radius 3 is 2.27 bits per heavy atom. The summed E-state index contributed by atoms with van der Waals surface area (Å²) in [6.45, 7) is 3.80. The Balaban J connectivity index is 2.23. The summed E-state index contributed by atoms with van der Waals surface area (Å²) in [5.74, 6) is -8.23. The maximum Gasteiger partial charge on any atom is 0.433 e. The number of rotatable bonds is 8. The number of benzene rings is 1. The van der Waals surface area contributed by atoms with Crippen molar-refractivity contribution in [1.29, 1.82) is 0 Å². The molecule has 0 saturated carbocycles. The van der Waals surface area contributed by atoms with Crippen LogP contribution in [0.25, 0.3) is 0 Å².